The fraction of sp³-hybridized carbons (Fsp3) is 0.633. The molecule has 3 aromatic rings. The average molecular weight is 1090 g/mol. The first-order chi connectivity index (χ1) is 32.2. The summed E-state index contributed by atoms with van der Waals surface area (Å²) in [6, 6.07) is 19.0. The van der Waals surface area contributed by atoms with Crippen LogP contribution in [-0.2, 0) is 48.2 Å². The molecule has 68 heavy (non-hydrogen) atoms. The lowest BCUT2D eigenvalue weighted by atomic mass is 9.94. The van der Waals surface area contributed by atoms with Gasteiger partial charge in [0, 0.05) is 103 Å². The summed E-state index contributed by atoms with van der Waals surface area (Å²) in [5, 5.41) is 31.0. The van der Waals surface area contributed by atoms with Crippen molar-refractivity contribution in [3.05, 3.63) is 87.5 Å². The van der Waals surface area contributed by atoms with Crippen molar-refractivity contribution in [2.24, 2.45) is 0 Å². The molecule has 0 saturated carbocycles. The van der Waals surface area contributed by atoms with Crippen LogP contribution in [0.25, 0.3) is 0 Å². The summed E-state index contributed by atoms with van der Waals surface area (Å²) in [6.07, 6.45) is 3.25. The molecular formula is C49H88O11S4Si4. The Labute approximate surface area is 432 Å². The summed E-state index contributed by atoms with van der Waals surface area (Å²) in [5.74, 6) is 5.14. The number of benzene rings is 3. The van der Waals surface area contributed by atoms with E-state index in [1.54, 1.807) is 40.6 Å². The van der Waals surface area contributed by atoms with Crippen LogP contribution in [0.5, 0.6) is 17.2 Å². The molecule has 0 saturated heterocycles. The zero-order valence-corrected chi connectivity index (χ0v) is 51.4. The Balaban J connectivity index is 0.000000520. The monoisotopic (exact) mass is 1090 g/mol. The third-order valence-corrected chi connectivity index (χ3v) is 28.9. The van der Waals surface area contributed by atoms with Gasteiger partial charge in [-0.3, -0.25) is 0 Å². The molecule has 19 heteroatoms. The Bertz CT molecular complexity index is 1690. The van der Waals surface area contributed by atoms with E-state index in [0.717, 1.165) is 101 Å². The predicted octanol–water partition coefficient (Wildman–Crippen LogP) is 13.4. The molecular weight excluding hydrogens is 1010 g/mol. The highest BCUT2D eigenvalue weighted by atomic mass is 33.1. The molecule has 0 amide bonds. The third-order valence-electron chi connectivity index (χ3n) is 11.3. The lowest BCUT2D eigenvalue weighted by Gasteiger charge is -2.26. The zero-order valence-electron chi connectivity index (χ0n) is 44.2. The van der Waals surface area contributed by atoms with Crippen LogP contribution in [0.3, 0.4) is 0 Å². The van der Waals surface area contributed by atoms with E-state index in [4.69, 9.17) is 35.4 Å². The minimum absolute atomic E-state index is 0.220. The fourth-order valence-electron chi connectivity index (χ4n) is 7.09. The van der Waals surface area contributed by atoms with Crippen LogP contribution in [0.4, 0.5) is 0 Å². The molecule has 0 unspecified atom stereocenters. The van der Waals surface area contributed by atoms with Gasteiger partial charge in [-0.25, -0.2) is 0 Å². The second-order valence-electron chi connectivity index (χ2n) is 17.1. The molecule has 0 aromatic heterocycles. The van der Waals surface area contributed by atoms with Crippen molar-refractivity contribution in [2.45, 2.75) is 125 Å². The van der Waals surface area contributed by atoms with E-state index in [0.29, 0.717) is 12.8 Å². The highest BCUT2D eigenvalue weighted by Gasteiger charge is 2.32. The van der Waals surface area contributed by atoms with Crippen LogP contribution in [0.1, 0.15) is 79.5 Å². The number of hydrogen-bond donors (Lipinski definition) is 3. The Morgan fingerprint density at radius 1 is 0.412 bits per heavy atom. The molecule has 3 rings (SSSR count). The zero-order chi connectivity index (χ0) is 51.2. The van der Waals surface area contributed by atoms with Gasteiger partial charge in [0.15, 0.2) is 0 Å². The normalized spacial score (nSPS) is 12.1. The number of aromatic hydroxyl groups is 3. The van der Waals surface area contributed by atoms with Crippen molar-refractivity contribution in [3.8, 4) is 17.2 Å². The van der Waals surface area contributed by atoms with E-state index in [1.165, 1.54) is 24.3 Å². The van der Waals surface area contributed by atoms with Crippen molar-refractivity contribution >= 4 is 77.4 Å². The smallest absolute Gasteiger partial charge is 0.335 e. The fourth-order valence-corrected chi connectivity index (χ4v) is 21.8. The second-order valence-corrected chi connectivity index (χ2v) is 36.4. The van der Waals surface area contributed by atoms with Gasteiger partial charge in [-0.2, -0.15) is 0 Å². The van der Waals surface area contributed by atoms with Crippen LogP contribution < -0.4 is 0 Å². The Morgan fingerprint density at radius 2 is 0.721 bits per heavy atom. The van der Waals surface area contributed by atoms with Gasteiger partial charge >= 0.3 is 34.2 Å². The van der Waals surface area contributed by atoms with E-state index in [1.807, 2.05) is 100 Å². The molecule has 390 valence electrons. The number of hydrogen-bond acceptors (Lipinski definition) is 15. The van der Waals surface area contributed by atoms with Gasteiger partial charge in [-0.05, 0) is 134 Å². The van der Waals surface area contributed by atoms with Crippen LogP contribution in [0.15, 0.2) is 48.5 Å². The molecule has 3 N–H and O–H groups in total. The van der Waals surface area contributed by atoms with E-state index >= 15 is 0 Å². The van der Waals surface area contributed by atoms with Crippen molar-refractivity contribution < 1.29 is 50.7 Å². The third kappa shape index (κ3) is 26.1. The molecule has 0 aliphatic carbocycles. The van der Waals surface area contributed by atoms with Gasteiger partial charge in [0.05, 0.1) is 0 Å². The Kier molecular flexibility index (Phi) is 33.7. The number of phenolic OH excluding ortho intramolecular Hbond substituents is 3. The van der Waals surface area contributed by atoms with E-state index in [-0.39, 0.29) is 17.2 Å². The van der Waals surface area contributed by atoms with Crippen LogP contribution >= 0.6 is 43.2 Å². The topological polar surface area (TPSA) is 135 Å². The van der Waals surface area contributed by atoms with Gasteiger partial charge in [0.25, 0.3) is 0 Å². The molecule has 3 aromatic carbocycles. The maximum absolute atomic E-state index is 10.8. The minimum atomic E-state index is -1.92. The van der Waals surface area contributed by atoms with Crippen molar-refractivity contribution in [1.82, 2.24) is 0 Å². The van der Waals surface area contributed by atoms with Crippen LogP contribution in [-0.4, -0.2) is 127 Å². The molecule has 0 bridgehead atoms. The van der Waals surface area contributed by atoms with E-state index < -0.39 is 34.2 Å². The molecule has 0 atom stereocenters. The van der Waals surface area contributed by atoms with Crippen molar-refractivity contribution in [3.63, 3.8) is 0 Å². The lowest BCUT2D eigenvalue weighted by Crippen LogP contribution is -2.38. The molecule has 0 radical (unpaired) electrons. The first-order valence-corrected chi connectivity index (χ1v) is 38.9. The SMILES string of the molecule is CCO[Si](C)(CCCSSCCC[Si](C)(OCC)OCC)OCC.CO[Si](C)(CCSSCC[Si](C)(OC)OC)OC.Cc1ccc(O)c(Cc2cc(C)cc(Cc3cc(C)ccc3O)c2O)c1. The number of aryl methyl sites for hydroxylation is 3. The summed E-state index contributed by atoms with van der Waals surface area (Å²) < 4.78 is 45.3. The molecule has 0 heterocycles. The van der Waals surface area contributed by atoms with Gasteiger partial charge in [0.1, 0.15) is 17.2 Å². The maximum atomic E-state index is 10.8. The largest absolute Gasteiger partial charge is 0.508 e. The maximum Gasteiger partial charge on any atom is 0.335 e. The summed E-state index contributed by atoms with van der Waals surface area (Å²) in [6.45, 7) is 25.7. The minimum Gasteiger partial charge on any atom is -0.508 e. The molecule has 0 fully saturated rings. The summed E-state index contributed by atoms with van der Waals surface area (Å²) >= 11 is 0. The summed E-state index contributed by atoms with van der Waals surface area (Å²) in [7, 11) is 7.04. The van der Waals surface area contributed by atoms with E-state index in [9.17, 15) is 15.3 Å². The highest BCUT2D eigenvalue weighted by molar-refractivity contribution is 8.77. The van der Waals surface area contributed by atoms with Gasteiger partial charge in [0.2, 0.25) is 0 Å². The summed E-state index contributed by atoms with van der Waals surface area (Å²) in [5.41, 5.74) is 6.28. The van der Waals surface area contributed by atoms with Crippen molar-refractivity contribution in [1.29, 1.82) is 0 Å². The molecule has 0 spiro atoms. The highest BCUT2D eigenvalue weighted by Crippen LogP contribution is 2.34. The van der Waals surface area contributed by atoms with Gasteiger partial charge in [-0.1, -0.05) is 96.3 Å². The van der Waals surface area contributed by atoms with E-state index in [2.05, 4.69) is 53.9 Å². The Morgan fingerprint density at radius 3 is 1.03 bits per heavy atom. The average Bonchev–Trinajstić information content (AvgIpc) is 3.30. The lowest BCUT2D eigenvalue weighted by molar-refractivity contribution is 0.188. The standard InChI is InChI=1S/C23H24O3.C16H38O4S2Si2.C10H26O4S2Si2/c1-14-4-6-21(24)17(8-14)12-19-10-16(3)11-20(23(19)26)13-18-9-15(2)5-7-22(18)25;1-7-17-23(5,18-8-2)15-11-13-21-22-14-12-16-24(6,19-9-3)20-10-4;1-11-17(5,12-2)9-7-15-16-8-10-18(6,13-3)14-4/h4-11,24-26H,12-13H2,1-3H3;7-16H2,1-6H3;7-10H2,1-6H3. The quantitative estimate of drug-likeness (QED) is 0.0311. The van der Waals surface area contributed by atoms with Gasteiger partial charge in [-0.15, -0.1) is 0 Å². The molecule has 0 aliphatic rings. The predicted molar refractivity (Wildman–Crippen MR) is 303 cm³/mol. The molecule has 11 nitrogen and oxygen atoms in total. The number of rotatable bonds is 32. The van der Waals surface area contributed by atoms with Crippen molar-refractivity contribution in [2.75, 3.05) is 77.9 Å². The summed E-state index contributed by atoms with van der Waals surface area (Å²) in [4.78, 5) is 0. The van der Waals surface area contributed by atoms with Gasteiger partial charge < -0.3 is 50.7 Å². The first kappa shape index (κ1) is 65.0. The molecule has 0 aliphatic heterocycles. The van der Waals surface area contributed by atoms with Crippen LogP contribution in [0.2, 0.25) is 50.4 Å². The van der Waals surface area contributed by atoms with Crippen LogP contribution in [0, 0.1) is 20.8 Å². The Hall–Kier alpha value is -0.992. The number of phenols is 3. The first-order valence-electron chi connectivity index (χ1n) is 23.9. The second kappa shape index (κ2) is 35.2.